The van der Waals surface area contributed by atoms with Gasteiger partial charge in [0.15, 0.2) is 0 Å². The number of carbonyl (C=O) groups is 1. The third-order valence-corrected chi connectivity index (χ3v) is 4.72. The molecule has 1 N–H and O–H groups in total. The summed E-state index contributed by atoms with van der Waals surface area (Å²) in [6, 6.07) is 18.3. The van der Waals surface area contributed by atoms with E-state index in [-0.39, 0.29) is 5.91 Å². The van der Waals surface area contributed by atoms with Crippen molar-refractivity contribution in [2.75, 3.05) is 5.32 Å². The fourth-order valence-electron chi connectivity index (χ4n) is 2.43. The Labute approximate surface area is 146 Å². The minimum Gasteiger partial charge on any atom is -0.326 e. The molecule has 1 aromatic heterocycles. The van der Waals surface area contributed by atoms with Gasteiger partial charge >= 0.3 is 0 Å². The van der Waals surface area contributed by atoms with Crippen molar-refractivity contribution in [2.45, 2.75) is 26.2 Å². The van der Waals surface area contributed by atoms with Crippen molar-refractivity contribution in [3.8, 4) is 11.3 Å². The Bertz CT molecular complexity index is 794. The highest BCUT2D eigenvalue weighted by molar-refractivity contribution is 7.09. The number of thiazole rings is 1. The van der Waals surface area contributed by atoms with E-state index in [1.807, 2.05) is 37.3 Å². The lowest BCUT2D eigenvalue weighted by molar-refractivity contribution is -0.115. The van der Waals surface area contributed by atoms with E-state index in [9.17, 15) is 4.79 Å². The van der Waals surface area contributed by atoms with Gasteiger partial charge in [-0.3, -0.25) is 4.79 Å². The molecule has 0 radical (unpaired) electrons. The Morgan fingerprint density at radius 1 is 1.04 bits per heavy atom. The molecule has 0 aliphatic heterocycles. The van der Waals surface area contributed by atoms with Crippen LogP contribution in [0.15, 0.2) is 60.0 Å². The van der Waals surface area contributed by atoms with Gasteiger partial charge < -0.3 is 5.32 Å². The van der Waals surface area contributed by atoms with E-state index in [1.54, 1.807) is 11.3 Å². The molecular formula is C20H20N2OS. The number of hydrogen-bond acceptors (Lipinski definition) is 3. The first-order valence-corrected chi connectivity index (χ1v) is 9.01. The van der Waals surface area contributed by atoms with Crippen molar-refractivity contribution in [1.29, 1.82) is 0 Å². The predicted octanol–water partition coefficient (Wildman–Crippen LogP) is 4.94. The third-order valence-electron chi connectivity index (χ3n) is 3.81. The van der Waals surface area contributed by atoms with Crippen LogP contribution in [-0.4, -0.2) is 10.9 Å². The van der Waals surface area contributed by atoms with Crippen molar-refractivity contribution in [1.82, 2.24) is 4.98 Å². The van der Waals surface area contributed by atoms with Crippen molar-refractivity contribution in [3.05, 3.63) is 70.5 Å². The van der Waals surface area contributed by atoms with E-state index in [4.69, 9.17) is 4.98 Å². The van der Waals surface area contributed by atoms with E-state index < -0.39 is 0 Å². The quantitative estimate of drug-likeness (QED) is 0.692. The van der Waals surface area contributed by atoms with Gasteiger partial charge in [0.2, 0.25) is 5.91 Å². The monoisotopic (exact) mass is 336 g/mol. The van der Waals surface area contributed by atoms with Gasteiger partial charge in [-0.15, -0.1) is 11.3 Å². The van der Waals surface area contributed by atoms with Crippen LogP contribution in [0.5, 0.6) is 0 Å². The van der Waals surface area contributed by atoms with Crippen LogP contribution in [0.2, 0.25) is 0 Å². The molecule has 0 bridgehead atoms. The maximum absolute atomic E-state index is 11.4. The number of aryl methyl sites for hydroxylation is 2. The Hall–Kier alpha value is -2.46. The van der Waals surface area contributed by atoms with Crippen molar-refractivity contribution < 1.29 is 4.79 Å². The summed E-state index contributed by atoms with van der Waals surface area (Å²) in [6.45, 7) is 1.84. The number of nitrogens with one attached hydrogen (secondary N) is 1. The Morgan fingerprint density at radius 2 is 1.79 bits per heavy atom. The zero-order valence-corrected chi connectivity index (χ0v) is 14.5. The van der Waals surface area contributed by atoms with Crippen LogP contribution in [-0.2, 0) is 17.6 Å². The van der Waals surface area contributed by atoms with Gasteiger partial charge in [-0.05, 0) is 24.1 Å². The second-order valence-corrected chi connectivity index (χ2v) is 6.53. The summed E-state index contributed by atoms with van der Waals surface area (Å²) in [4.78, 5) is 16.1. The van der Waals surface area contributed by atoms with Crippen molar-refractivity contribution in [2.24, 2.45) is 0 Å². The molecule has 2 aromatic carbocycles. The normalized spacial score (nSPS) is 10.5. The second-order valence-electron chi connectivity index (χ2n) is 5.59. The minimum atomic E-state index is 0.0274. The van der Waals surface area contributed by atoms with Gasteiger partial charge in [0, 0.05) is 29.5 Å². The fourth-order valence-corrected chi connectivity index (χ4v) is 3.24. The average Bonchev–Trinajstić information content (AvgIpc) is 3.10. The summed E-state index contributed by atoms with van der Waals surface area (Å²) < 4.78 is 0. The number of rotatable bonds is 6. The summed E-state index contributed by atoms with van der Waals surface area (Å²) >= 11 is 1.70. The molecule has 0 atom stereocenters. The molecule has 4 heteroatoms. The molecule has 0 fully saturated rings. The minimum absolute atomic E-state index is 0.0274. The first kappa shape index (κ1) is 16.4. The average molecular weight is 336 g/mol. The van der Waals surface area contributed by atoms with Crippen LogP contribution in [0.4, 0.5) is 5.69 Å². The van der Waals surface area contributed by atoms with Crippen molar-refractivity contribution in [3.63, 3.8) is 0 Å². The Morgan fingerprint density at radius 3 is 2.50 bits per heavy atom. The molecular weight excluding hydrogens is 316 g/mol. The largest absolute Gasteiger partial charge is 0.326 e. The molecule has 0 aliphatic rings. The number of aromatic nitrogens is 1. The summed E-state index contributed by atoms with van der Waals surface area (Å²) in [5.41, 5.74) is 4.23. The lowest BCUT2D eigenvalue weighted by Gasteiger charge is -2.04. The lowest BCUT2D eigenvalue weighted by Crippen LogP contribution is -2.08. The third kappa shape index (κ3) is 4.30. The molecule has 24 heavy (non-hydrogen) atoms. The molecule has 3 aromatic rings. The number of hydrogen-bond donors (Lipinski definition) is 1. The van der Waals surface area contributed by atoms with Gasteiger partial charge in [-0.2, -0.15) is 0 Å². The number of carbonyl (C=O) groups excluding carboxylic acids is 1. The predicted molar refractivity (Wildman–Crippen MR) is 100 cm³/mol. The summed E-state index contributed by atoms with van der Waals surface area (Å²) in [7, 11) is 0. The van der Waals surface area contributed by atoms with Crippen LogP contribution in [0.1, 0.15) is 23.9 Å². The number of anilines is 1. The first-order valence-electron chi connectivity index (χ1n) is 8.13. The zero-order chi connectivity index (χ0) is 16.8. The van der Waals surface area contributed by atoms with Crippen LogP contribution in [0.25, 0.3) is 11.3 Å². The topological polar surface area (TPSA) is 42.0 Å². The molecule has 122 valence electrons. The maximum Gasteiger partial charge on any atom is 0.224 e. The summed E-state index contributed by atoms with van der Waals surface area (Å²) in [5.74, 6) is 0.0274. The molecule has 0 spiro atoms. The smallest absolute Gasteiger partial charge is 0.224 e. The number of amides is 1. The van der Waals surface area contributed by atoms with E-state index in [2.05, 4.69) is 35.0 Å². The highest BCUT2D eigenvalue weighted by atomic mass is 32.1. The van der Waals surface area contributed by atoms with Crippen molar-refractivity contribution >= 4 is 22.9 Å². The molecule has 0 aliphatic carbocycles. The van der Waals surface area contributed by atoms with E-state index in [1.165, 1.54) is 5.56 Å². The van der Waals surface area contributed by atoms with Gasteiger partial charge in [0.05, 0.1) is 10.7 Å². The number of benzene rings is 2. The fraction of sp³-hybridized carbons (Fsp3) is 0.200. The summed E-state index contributed by atoms with van der Waals surface area (Å²) in [5, 5.41) is 6.10. The van der Waals surface area contributed by atoms with Gasteiger partial charge in [-0.25, -0.2) is 4.98 Å². The highest BCUT2D eigenvalue weighted by Gasteiger charge is 2.06. The maximum atomic E-state index is 11.4. The van der Waals surface area contributed by atoms with E-state index in [0.29, 0.717) is 6.42 Å². The second kappa shape index (κ2) is 7.88. The van der Waals surface area contributed by atoms with E-state index in [0.717, 1.165) is 34.8 Å². The zero-order valence-electron chi connectivity index (χ0n) is 13.7. The van der Waals surface area contributed by atoms with Gasteiger partial charge in [0.1, 0.15) is 0 Å². The molecule has 0 saturated carbocycles. The van der Waals surface area contributed by atoms with Gasteiger partial charge in [0.25, 0.3) is 0 Å². The molecule has 1 amide bonds. The molecule has 3 nitrogen and oxygen atoms in total. The molecule has 3 rings (SSSR count). The van der Waals surface area contributed by atoms with E-state index >= 15 is 0 Å². The molecule has 0 unspecified atom stereocenters. The highest BCUT2D eigenvalue weighted by Crippen LogP contribution is 2.24. The first-order chi connectivity index (χ1) is 11.7. The van der Waals surface area contributed by atoms with Crippen LogP contribution in [0, 0.1) is 0 Å². The van der Waals surface area contributed by atoms with Crippen LogP contribution in [0.3, 0.4) is 0 Å². The molecule has 1 heterocycles. The SMILES string of the molecule is CCC(=O)Nc1ccc(-c2csc(CCc3ccccc3)n2)cc1. The Kier molecular flexibility index (Phi) is 5.39. The standard InChI is InChI=1S/C20H20N2OS/c1-2-19(23)21-17-11-9-16(10-12-17)18-14-24-20(22-18)13-8-15-6-4-3-5-7-15/h3-7,9-12,14H,2,8,13H2,1H3,(H,21,23). The summed E-state index contributed by atoms with van der Waals surface area (Å²) in [6.07, 6.45) is 2.45. The molecule has 0 saturated heterocycles. The van der Waals surface area contributed by atoms with Crippen LogP contribution >= 0.6 is 11.3 Å². The van der Waals surface area contributed by atoms with Gasteiger partial charge in [-0.1, -0.05) is 49.4 Å². The van der Waals surface area contributed by atoms with Crippen LogP contribution < -0.4 is 5.32 Å². The number of nitrogens with zero attached hydrogens (tertiary/aromatic N) is 1. The Balaban J connectivity index is 1.63. The lowest BCUT2D eigenvalue weighted by atomic mass is 10.1.